The molecular weight excluding hydrogens is 704 g/mol. The monoisotopic (exact) mass is 785 g/mol. The molecule has 0 aromatic carbocycles. The summed E-state index contributed by atoms with van der Waals surface area (Å²) in [5.41, 5.74) is 0. The molecule has 0 aromatic heterocycles. The van der Waals surface area contributed by atoms with Gasteiger partial charge >= 0.3 is 17.9 Å². The molecule has 0 amide bonds. The van der Waals surface area contributed by atoms with Crippen LogP contribution < -0.4 is 0 Å². The maximum absolute atomic E-state index is 12.8. The summed E-state index contributed by atoms with van der Waals surface area (Å²) in [5, 5.41) is 39.8. The highest BCUT2D eigenvalue weighted by atomic mass is 16.7. The zero-order chi connectivity index (χ0) is 40.4. The minimum absolute atomic E-state index is 0.187. The second kappa shape index (κ2) is 35.1. The zero-order valence-corrected chi connectivity index (χ0v) is 34.7. The van der Waals surface area contributed by atoms with Crippen LogP contribution in [-0.2, 0) is 33.3 Å². The van der Waals surface area contributed by atoms with E-state index < -0.39 is 54.7 Å². The first kappa shape index (κ1) is 51.0. The molecule has 0 aromatic rings. The van der Waals surface area contributed by atoms with Crippen molar-refractivity contribution in [3.8, 4) is 0 Å². The van der Waals surface area contributed by atoms with Crippen molar-refractivity contribution >= 4 is 17.9 Å². The molecule has 11 heteroatoms. The lowest BCUT2D eigenvalue weighted by atomic mass is 9.99. The number of rotatable bonds is 37. The van der Waals surface area contributed by atoms with Gasteiger partial charge in [-0.15, -0.1) is 0 Å². The second-order valence-electron chi connectivity index (χ2n) is 15.5. The van der Waals surface area contributed by atoms with Gasteiger partial charge in [-0.05, 0) is 38.5 Å². The number of esters is 2. The molecule has 1 heterocycles. The molecule has 322 valence electrons. The van der Waals surface area contributed by atoms with Crippen LogP contribution in [0.2, 0.25) is 0 Å². The van der Waals surface area contributed by atoms with Crippen molar-refractivity contribution in [2.45, 2.75) is 237 Å². The normalized spacial score (nSPS) is 20.5. The van der Waals surface area contributed by atoms with Crippen molar-refractivity contribution in [2.24, 2.45) is 0 Å². The van der Waals surface area contributed by atoms with E-state index in [4.69, 9.17) is 18.9 Å². The van der Waals surface area contributed by atoms with Crippen LogP contribution in [0.25, 0.3) is 0 Å². The van der Waals surface area contributed by atoms with E-state index in [2.05, 4.69) is 26.0 Å². The maximum Gasteiger partial charge on any atom is 0.335 e. The van der Waals surface area contributed by atoms with Crippen LogP contribution in [0, 0.1) is 0 Å². The van der Waals surface area contributed by atoms with Gasteiger partial charge in [-0.1, -0.05) is 161 Å². The second-order valence-corrected chi connectivity index (χ2v) is 15.5. The average Bonchev–Trinajstić information content (AvgIpc) is 3.17. The van der Waals surface area contributed by atoms with Gasteiger partial charge < -0.3 is 39.4 Å². The van der Waals surface area contributed by atoms with Crippen LogP contribution in [0.15, 0.2) is 12.2 Å². The Hall–Kier alpha value is -2.05. The fraction of sp³-hybridized carbons (Fsp3) is 0.886. The highest BCUT2D eigenvalue weighted by Gasteiger charge is 2.47. The number of aliphatic hydroxyl groups excluding tert-OH is 3. The Morgan fingerprint density at radius 3 is 1.45 bits per heavy atom. The minimum Gasteiger partial charge on any atom is -0.479 e. The first-order valence-electron chi connectivity index (χ1n) is 22.2. The van der Waals surface area contributed by atoms with Gasteiger partial charge in [0, 0.05) is 12.8 Å². The molecule has 6 atom stereocenters. The lowest BCUT2D eigenvalue weighted by molar-refractivity contribution is -0.298. The number of carboxylic acids is 1. The summed E-state index contributed by atoms with van der Waals surface area (Å²) in [7, 11) is 0. The Labute approximate surface area is 333 Å². The van der Waals surface area contributed by atoms with Gasteiger partial charge in [-0.3, -0.25) is 9.59 Å². The van der Waals surface area contributed by atoms with Gasteiger partial charge in [-0.25, -0.2) is 4.79 Å². The SMILES string of the molecule is CCCCC/C=C\CCCCCCCC(=O)OCC(COC1OC(C(=O)O)C(O)C(O)C1O)OC(=O)CCCCCCCCCCCCCCCCCCC. The van der Waals surface area contributed by atoms with Crippen molar-refractivity contribution < 1.29 is 53.8 Å². The van der Waals surface area contributed by atoms with E-state index in [1.54, 1.807) is 0 Å². The molecule has 0 radical (unpaired) electrons. The van der Waals surface area contributed by atoms with Crippen LogP contribution in [-0.4, -0.2) is 88.4 Å². The lowest BCUT2D eigenvalue weighted by Crippen LogP contribution is -2.60. The maximum atomic E-state index is 12.8. The number of hydrogen-bond donors (Lipinski definition) is 4. The molecule has 1 rings (SSSR count). The van der Waals surface area contributed by atoms with Crippen LogP contribution in [0.3, 0.4) is 0 Å². The smallest absolute Gasteiger partial charge is 0.335 e. The largest absolute Gasteiger partial charge is 0.479 e. The number of carbonyl (C=O) groups excluding carboxylic acids is 2. The minimum atomic E-state index is -1.86. The van der Waals surface area contributed by atoms with Gasteiger partial charge in [0.25, 0.3) is 0 Å². The third-order valence-corrected chi connectivity index (χ3v) is 10.4. The highest BCUT2D eigenvalue weighted by molar-refractivity contribution is 5.73. The summed E-state index contributed by atoms with van der Waals surface area (Å²) in [6, 6.07) is 0. The summed E-state index contributed by atoms with van der Waals surface area (Å²) in [6.07, 6.45) is 26.9. The van der Waals surface area contributed by atoms with Crippen LogP contribution in [0.5, 0.6) is 0 Å². The van der Waals surface area contributed by atoms with E-state index in [0.29, 0.717) is 12.8 Å². The Balaban J connectivity index is 2.36. The lowest BCUT2D eigenvalue weighted by Gasteiger charge is -2.38. The van der Waals surface area contributed by atoms with Gasteiger partial charge in [0.15, 0.2) is 18.5 Å². The van der Waals surface area contributed by atoms with Gasteiger partial charge in [0.05, 0.1) is 6.61 Å². The molecule has 1 aliphatic heterocycles. The fourth-order valence-corrected chi connectivity index (χ4v) is 6.81. The van der Waals surface area contributed by atoms with Crippen molar-refractivity contribution in [1.82, 2.24) is 0 Å². The predicted molar refractivity (Wildman–Crippen MR) is 215 cm³/mol. The zero-order valence-electron chi connectivity index (χ0n) is 34.7. The quantitative estimate of drug-likeness (QED) is 0.0269. The number of aliphatic carboxylic acids is 1. The molecule has 4 N–H and O–H groups in total. The standard InChI is InChI=1S/C44H80O11/c1-3-5-7-9-11-13-15-17-18-19-20-21-23-25-27-29-31-33-38(46)54-36(35-53-44-41(49)39(47)40(48)42(55-44)43(50)51)34-52-37(45)32-30-28-26-24-22-16-14-12-10-8-6-4-2/h12,14,36,39-42,44,47-49H,3-11,13,15-35H2,1-2H3,(H,50,51)/b14-12-. The van der Waals surface area contributed by atoms with E-state index in [1.807, 2.05) is 0 Å². The average molecular weight is 785 g/mol. The van der Waals surface area contributed by atoms with Gasteiger partial charge in [-0.2, -0.15) is 0 Å². The van der Waals surface area contributed by atoms with E-state index in [1.165, 1.54) is 103 Å². The van der Waals surface area contributed by atoms with Crippen LogP contribution in [0.1, 0.15) is 200 Å². The molecule has 0 spiro atoms. The summed E-state index contributed by atoms with van der Waals surface area (Å²) in [6.45, 7) is 3.79. The molecule has 55 heavy (non-hydrogen) atoms. The summed E-state index contributed by atoms with van der Waals surface area (Å²) < 4.78 is 21.7. The van der Waals surface area contributed by atoms with E-state index >= 15 is 0 Å². The molecule has 1 aliphatic rings. The van der Waals surface area contributed by atoms with Crippen molar-refractivity contribution in [2.75, 3.05) is 13.2 Å². The Morgan fingerprint density at radius 2 is 0.964 bits per heavy atom. The number of carbonyl (C=O) groups is 3. The van der Waals surface area contributed by atoms with E-state index in [9.17, 15) is 34.8 Å². The molecule has 1 fully saturated rings. The highest BCUT2D eigenvalue weighted by Crippen LogP contribution is 2.23. The Bertz CT molecular complexity index is 973. The summed E-state index contributed by atoms with van der Waals surface area (Å²) in [4.78, 5) is 36.7. The topological polar surface area (TPSA) is 169 Å². The molecule has 6 unspecified atom stereocenters. The van der Waals surface area contributed by atoms with Crippen LogP contribution in [0.4, 0.5) is 0 Å². The Kier molecular flexibility index (Phi) is 32.6. The molecule has 0 bridgehead atoms. The molecule has 0 saturated carbocycles. The van der Waals surface area contributed by atoms with Gasteiger partial charge in [0.2, 0.25) is 0 Å². The first-order valence-corrected chi connectivity index (χ1v) is 22.2. The summed E-state index contributed by atoms with van der Waals surface area (Å²) >= 11 is 0. The third-order valence-electron chi connectivity index (χ3n) is 10.4. The number of allylic oxidation sites excluding steroid dienone is 2. The first-order chi connectivity index (χ1) is 26.7. The van der Waals surface area contributed by atoms with Crippen LogP contribution >= 0.6 is 0 Å². The molecular formula is C44H80O11. The van der Waals surface area contributed by atoms with E-state index in [0.717, 1.165) is 57.8 Å². The van der Waals surface area contributed by atoms with Crippen molar-refractivity contribution in [3.63, 3.8) is 0 Å². The fourth-order valence-electron chi connectivity index (χ4n) is 6.81. The van der Waals surface area contributed by atoms with Gasteiger partial charge in [0.1, 0.15) is 24.9 Å². The predicted octanol–water partition coefficient (Wildman–Crippen LogP) is 9.26. The van der Waals surface area contributed by atoms with E-state index in [-0.39, 0.29) is 26.1 Å². The molecule has 1 saturated heterocycles. The van der Waals surface area contributed by atoms with Crippen molar-refractivity contribution in [1.29, 1.82) is 0 Å². The number of ether oxygens (including phenoxy) is 4. The van der Waals surface area contributed by atoms with Crippen molar-refractivity contribution in [3.05, 3.63) is 12.2 Å². The number of carboxylic acid groups (broad SMARTS) is 1. The molecule has 11 nitrogen and oxygen atoms in total. The summed E-state index contributed by atoms with van der Waals surface area (Å²) in [5.74, 6) is -2.44. The molecule has 0 aliphatic carbocycles. The number of unbranched alkanes of at least 4 members (excludes halogenated alkanes) is 24. The third kappa shape index (κ3) is 27.3. The Morgan fingerprint density at radius 1 is 0.545 bits per heavy atom. The number of hydrogen-bond acceptors (Lipinski definition) is 10. The number of aliphatic hydroxyl groups is 3.